The van der Waals surface area contributed by atoms with Crippen molar-refractivity contribution in [3.63, 3.8) is 0 Å². The van der Waals surface area contributed by atoms with Gasteiger partial charge in [0, 0.05) is 19.7 Å². The fraction of sp³-hybridized carbons (Fsp3) is 0.500. The van der Waals surface area contributed by atoms with Crippen LogP contribution < -0.4 is 0 Å². The second-order valence-corrected chi connectivity index (χ2v) is 5.54. The molecule has 1 heterocycles. The number of hydrogen-bond donors (Lipinski definition) is 0. The molecule has 0 aliphatic carbocycles. The molecule has 0 fully saturated rings. The van der Waals surface area contributed by atoms with E-state index in [1.54, 1.807) is 11.9 Å². The monoisotopic (exact) mass is 329 g/mol. The molecule has 19 heavy (non-hydrogen) atoms. The Kier molecular flexibility index (Phi) is 5.41. The van der Waals surface area contributed by atoms with Crippen LogP contribution in [0.1, 0.15) is 30.6 Å². The number of pyridine rings is 1. The molecule has 0 atom stereocenters. The van der Waals surface area contributed by atoms with Crippen LogP contribution in [0.3, 0.4) is 0 Å². The maximum Gasteiger partial charge on any atom is 0.364 e. The van der Waals surface area contributed by atoms with Crippen molar-refractivity contribution in [2.45, 2.75) is 20.3 Å². The van der Waals surface area contributed by atoms with E-state index in [0.29, 0.717) is 16.9 Å². The minimum absolute atomic E-state index is 0.252. The zero-order valence-electron chi connectivity index (χ0n) is 11.1. The topological polar surface area (TPSA) is 76.3 Å². The van der Waals surface area contributed by atoms with E-state index in [1.807, 2.05) is 0 Å². The molecule has 1 amide bonds. The number of amides is 1. The summed E-state index contributed by atoms with van der Waals surface area (Å²) in [5.74, 6) is -0.0905. The Bertz CT molecular complexity index is 491. The molecule has 0 saturated heterocycles. The summed E-state index contributed by atoms with van der Waals surface area (Å²) in [6, 6.07) is 1.19. The Morgan fingerprint density at radius 3 is 2.74 bits per heavy atom. The third-order valence-corrected chi connectivity index (χ3v) is 3.28. The van der Waals surface area contributed by atoms with E-state index in [1.165, 1.54) is 12.3 Å². The number of nitro groups is 1. The van der Waals surface area contributed by atoms with Crippen molar-refractivity contribution in [3.8, 4) is 0 Å². The van der Waals surface area contributed by atoms with Gasteiger partial charge in [-0.25, -0.2) is 0 Å². The Morgan fingerprint density at radius 2 is 2.21 bits per heavy atom. The van der Waals surface area contributed by atoms with Crippen LogP contribution in [0.5, 0.6) is 0 Å². The van der Waals surface area contributed by atoms with Gasteiger partial charge in [-0.3, -0.25) is 4.79 Å². The van der Waals surface area contributed by atoms with Gasteiger partial charge in [0.25, 0.3) is 5.91 Å². The number of nitrogens with zero attached hydrogens (tertiary/aromatic N) is 3. The maximum atomic E-state index is 12.2. The molecule has 0 spiro atoms. The van der Waals surface area contributed by atoms with Gasteiger partial charge < -0.3 is 15.0 Å². The molecule has 0 aliphatic heterocycles. The number of hydrogen-bond acceptors (Lipinski definition) is 4. The van der Waals surface area contributed by atoms with E-state index in [4.69, 9.17) is 0 Å². The average Bonchev–Trinajstić information content (AvgIpc) is 2.35. The minimum Gasteiger partial charge on any atom is -0.358 e. The lowest BCUT2D eigenvalue weighted by Crippen LogP contribution is -2.28. The molecule has 0 radical (unpaired) electrons. The van der Waals surface area contributed by atoms with E-state index >= 15 is 0 Å². The number of rotatable bonds is 5. The summed E-state index contributed by atoms with van der Waals surface area (Å²) >= 11 is 3.20. The quantitative estimate of drug-likeness (QED) is 0.614. The molecule has 0 N–H and O–H groups in total. The molecule has 1 rings (SSSR count). The van der Waals surface area contributed by atoms with Crippen LogP contribution in [0.4, 0.5) is 5.82 Å². The third-order valence-electron chi connectivity index (χ3n) is 2.65. The molecule has 1 aromatic heterocycles. The average molecular weight is 330 g/mol. The van der Waals surface area contributed by atoms with Crippen molar-refractivity contribution in [2.24, 2.45) is 5.92 Å². The Morgan fingerprint density at radius 1 is 1.58 bits per heavy atom. The van der Waals surface area contributed by atoms with Gasteiger partial charge in [0.1, 0.15) is 0 Å². The predicted octanol–water partition coefficient (Wildman–Crippen LogP) is 2.87. The smallest absolute Gasteiger partial charge is 0.358 e. The highest BCUT2D eigenvalue weighted by Gasteiger charge is 2.20. The molecule has 0 unspecified atom stereocenters. The highest BCUT2D eigenvalue weighted by Crippen LogP contribution is 2.21. The number of halogens is 1. The summed E-state index contributed by atoms with van der Waals surface area (Å²) in [6.45, 7) is 4.76. The molecule has 7 heteroatoms. The molecule has 6 nitrogen and oxygen atoms in total. The van der Waals surface area contributed by atoms with Crippen LogP contribution in [-0.4, -0.2) is 34.3 Å². The summed E-state index contributed by atoms with van der Waals surface area (Å²) < 4.78 is 0.458. The van der Waals surface area contributed by atoms with Gasteiger partial charge in [-0.1, -0.05) is 13.8 Å². The summed E-state index contributed by atoms with van der Waals surface area (Å²) in [5.41, 5.74) is 0.257. The highest BCUT2D eigenvalue weighted by molar-refractivity contribution is 9.10. The largest absolute Gasteiger partial charge is 0.364 e. The molecule has 0 bridgehead atoms. The van der Waals surface area contributed by atoms with Gasteiger partial charge in [0.2, 0.25) is 0 Å². The van der Waals surface area contributed by atoms with E-state index in [2.05, 4.69) is 34.8 Å². The first kappa shape index (κ1) is 15.6. The van der Waals surface area contributed by atoms with Gasteiger partial charge >= 0.3 is 5.82 Å². The van der Waals surface area contributed by atoms with Crippen LogP contribution in [0.25, 0.3) is 0 Å². The summed E-state index contributed by atoms with van der Waals surface area (Å²) in [4.78, 5) is 27.5. The first-order chi connectivity index (χ1) is 8.82. The van der Waals surface area contributed by atoms with Gasteiger partial charge in [0.15, 0.2) is 6.20 Å². The van der Waals surface area contributed by atoms with Crippen LogP contribution >= 0.6 is 15.9 Å². The van der Waals surface area contributed by atoms with E-state index in [9.17, 15) is 14.9 Å². The normalized spacial score (nSPS) is 10.6. The third kappa shape index (κ3) is 4.27. The van der Waals surface area contributed by atoms with Crippen molar-refractivity contribution >= 4 is 27.7 Å². The predicted molar refractivity (Wildman–Crippen MR) is 75.0 cm³/mol. The molecule has 1 aromatic rings. The lowest BCUT2D eigenvalue weighted by atomic mass is 10.1. The molecule has 0 aromatic carbocycles. The zero-order valence-corrected chi connectivity index (χ0v) is 12.7. The van der Waals surface area contributed by atoms with Crippen LogP contribution in [0.15, 0.2) is 16.7 Å². The lowest BCUT2D eigenvalue weighted by Gasteiger charge is -2.18. The number of carbonyl (C=O) groups is 1. The summed E-state index contributed by atoms with van der Waals surface area (Å²) in [6.07, 6.45) is 2.16. The first-order valence-electron chi connectivity index (χ1n) is 5.88. The second-order valence-electron chi connectivity index (χ2n) is 4.69. The molecular weight excluding hydrogens is 314 g/mol. The lowest BCUT2D eigenvalue weighted by molar-refractivity contribution is -0.389. The van der Waals surface area contributed by atoms with Crippen LogP contribution in [0, 0.1) is 16.0 Å². The van der Waals surface area contributed by atoms with Crippen molar-refractivity contribution in [1.29, 1.82) is 0 Å². The SMILES string of the molecule is CC(C)CCN(C)C(=O)c1cc([N+](=O)[O-])ncc1Br. The van der Waals surface area contributed by atoms with Crippen LogP contribution in [0.2, 0.25) is 0 Å². The van der Waals surface area contributed by atoms with E-state index in [0.717, 1.165) is 6.42 Å². The molecule has 104 valence electrons. The second kappa shape index (κ2) is 6.60. The standard InChI is InChI=1S/C12H16BrN3O3/c1-8(2)4-5-15(3)12(17)9-6-11(16(18)19)14-7-10(9)13/h6-8H,4-5H2,1-3H3. The van der Waals surface area contributed by atoms with Gasteiger partial charge in [0.05, 0.1) is 10.0 Å². The van der Waals surface area contributed by atoms with E-state index < -0.39 is 4.92 Å². The maximum absolute atomic E-state index is 12.2. The summed E-state index contributed by atoms with van der Waals surface area (Å²) in [5, 5.41) is 10.7. The zero-order chi connectivity index (χ0) is 14.6. The molecule has 0 saturated carbocycles. The molecule has 0 aliphatic rings. The van der Waals surface area contributed by atoms with Crippen molar-refractivity contribution in [1.82, 2.24) is 9.88 Å². The van der Waals surface area contributed by atoms with Gasteiger partial charge in [-0.15, -0.1) is 0 Å². The van der Waals surface area contributed by atoms with Crippen molar-refractivity contribution < 1.29 is 9.72 Å². The van der Waals surface area contributed by atoms with E-state index in [-0.39, 0.29) is 17.3 Å². The number of carbonyl (C=O) groups excluding carboxylic acids is 1. The Hall–Kier alpha value is -1.50. The van der Waals surface area contributed by atoms with Crippen molar-refractivity contribution in [2.75, 3.05) is 13.6 Å². The Balaban J connectivity index is 2.92. The fourth-order valence-corrected chi connectivity index (χ4v) is 1.84. The first-order valence-corrected chi connectivity index (χ1v) is 6.67. The van der Waals surface area contributed by atoms with Gasteiger partial charge in [-0.05, 0) is 38.2 Å². The van der Waals surface area contributed by atoms with Crippen LogP contribution in [-0.2, 0) is 0 Å². The fourth-order valence-electron chi connectivity index (χ4n) is 1.45. The number of aromatic nitrogens is 1. The minimum atomic E-state index is -0.614. The van der Waals surface area contributed by atoms with Gasteiger partial charge in [-0.2, -0.15) is 0 Å². The molecular formula is C12H16BrN3O3. The van der Waals surface area contributed by atoms with Crippen molar-refractivity contribution in [3.05, 3.63) is 32.4 Å². The summed E-state index contributed by atoms with van der Waals surface area (Å²) in [7, 11) is 1.68. The Labute approximate surface area is 120 Å². The highest BCUT2D eigenvalue weighted by atomic mass is 79.9.